The second-order valence-electron chi connectivity index (χ2n) is 3.37. The molecule has 1 aromatic carbocycles. The van der Waals surface area contributed by atoms with Gasteiger partial charge in [0, 0.05) is 24.7 Å². The number of unbranched alkanes of at least 4 members (excludes halogenated alkanes) is 1. The summed E-state index contributed by atoms with van der Waals surface area (Å²) in [5.41, 5.74) is 0.737. The van der Waals surface area contributed by atoms with Crippen molar-refractivity contribution in [2.45, 2.75) is 12.8 Å². The fourth-order valence-electron chi connectivity index (χ4n) is 1.30. The van der Waals surface area contributed by atoms with Crippen LogP contribution >= 0.6 is 27.5 Å². The second-order valence-corrected chi connectivity index (χ2v) is 4.63. The van der Waals surface area contributed by atoms with Gasteiger partial charge in [0.2, 0.25) is 0 Å². The minimum atomic E-state index is -0.346. The van der Waals surface area contributed by atoms with Crippen LogP contribution in [0.15, 0.2) is 16.6 Å². The van der Waals surface area contributed by atoms with E-state index in [9.17, 15) is 4.39 Å². The van der Waals surface area contributed by atoms with E-state index >= 15 is 0 Å². The van der Waals surface area contributed by atoms with E-state index in [1.54, 1.807) is 7.11 Å². The van der Waals surface area contributed by atoms with Crippen LogP contribution in [0.25, 0.3) is 0 Å². The first-order chi connectivity index (χ1) is 7.65. The molecule has 1 N–H and O–H groups in total. The normalized spacial score (nSPS) is 10.5. The topological polar surface area (TPSA) is 21.3 Å². The molecule has 0 saturated carbocycles. The molecule has 0 heterocycles. The van der Waals surface area contributed by atoms with Crippen LogP contribution in [0.2, 0.25) is 5.02 Å². The maximum atomic E-state index is 12.9. The van der Waals surface area contributed by atoms with E-state index in [0.29, 0.717) is 9.50 Å². The summed E-state index contributed by atoms with van der Waals surface area (Å²) in [6.07, 6.45) is 1.97. The Morgan fingerprint density at radius 1 is 1.44 bits per heavy atom. The van der Waals surface area contributed by atoms with Crippen molar-refractivity contribution in [1.82, 2.24) is 0 Å². The molecule has 0 aliphatic rings. The molecule has 2 nitrogen and oxygen atoms in total. The first-order valence-electron chi connectivity index (χ1n) is 5.02. The fraction of sp³-hybridized carbons (Fsp3) is 0.455. The summed E-state index contributed by atoms with van der Waals surface area (Å²) < 4.78 is 18.5. The van der Waals surface area contributed by atoms with E-state index in [4.69, 9.17) is 16.3 Å². The summed E-state index contributed by atoms with van der Waals surface area (Å²) in [6, 6.07) is 2.69. The number of benzene rings is 1. The van der Waals surface area contributed by atoms with Gasteiger partial charge in [-0.25, -0.2) is 4.39 Å². The highest BCUT2D eigenvalue weighted by molar-refractivity contribution is 9.10. The van der Waals surface area contributed by atoms with Crippen LogP contribution in [-0.4, -0.2) is 20.3 Å². The second kappa shape index (κ2) is 7.09. The Labute approximate surface area is 108 Å². The summed E-state index contributed by atoms with van der Waals surface area (Å²) in [5.74, 6) is -0.346. The van der Waals surface area contributed by atoms with Crippen LogP contribution in [-0.2, 0) is 4.74 Å². The minimum absolute atomic E-state index is 0.346. The molecule has 1 rings (SSSR count). The highest BCUT2D eigenvalue weighted by atomic mass is 79.9. The average Bonchev–Trinajstić information content (AvgIpc) is 2.20. The van der Waals surface area contributed by atoms with Gasteiger partial charge in [0.15, 0.2) is 0 Å². The van der Waals surface area contributed by atoms with E-state index in [1.807, 2.05) is 0 Å². The number of ether oxygens (including phenoxy) is 1. The van der Waals surface area contributed by atoms with E-state index in [1.165, 1.54) is 12.1 Å². The van der Waals surface area contributed by atoms with Gasteiger partial charge in [0.1, 0.15) is 5.82 Å². The first kappa shape index (κ1) is 13.7. The Balaban J connectivity index is 2.47. The van der Waals surface area contributed by atoms with Gasteiger partial charge in [0.25, 0.3) is 0 Å². The molecule has 0 unspecified atom stereocenters. The number of nitrogens with one attached hydrogen (secondary N) is 1. The monoisotopic (exact) mass is 309 g/mol. The zero-order chi connectivity index (χ0) is 12.0. The summed E-state index contributed by atoms with van der Waals surface area (Å²) in [7, 11) is 1.68. The Kier molecular flexibility index (Phi) is 6.09. The maximum absolute atomic E-state index is 12.9. The van der Waals surface area contributed by atoms with Crippen molar-refractivity contribution in [2.24, 2.45) is 0 Å². The quantitative estimate of drug-likeness (QED) is 0.799. The number of rotatable bonds is 6. The molecule has 0 bridgehead atoms. The minimum Gasteiger partial charge on any atom is -0.385 e. The first-order valence-corrected chi connectivity index (χ1v) is 6.19. The number of halogens is 3. The van der Waals surface area contributed by atoms with Crippen molar-refractivity contribution < 1.29 is 9.13 Å². The molecule has 0 saturated heterocycles. The number of hydrogen-bond acceptors (Lipinski definition) is 2. The van der Waals surface area contributed by atoms with Gasteiger partial charge in [-0.05, 0) is 40.9 Å². The van der Waals surface area contributed by atoms with Crippen LogP contribution in [0.4, 0.5) is 10.1 Å². The maximum Gasteiger partial charge on any atom is 0.125 e. The predicted octanol–water partition coefficient (Wildman–Crippen LogP) is 4.08. The van der Waals surface area contributed by atoms with Gasteiger partial charge >= 0.3 is 0 Å². The number of methoxy groups -OCH3 is 1. The fourth-order valence-corrected chi connectivity index (χ4v) is 2.26. The average molecular weight is 311 g/mol. The van der Waals surface area contributed by atoms with Gasteiger partial charge < -0.3 is 10.1 Å². The molecule has 0 atom stereocenters. The largest absolute Gasteiger partial charge is 0.385 e. The van der Waals surface area contributed by atoms with Gasteiger partial charge in [-0.2, -0.15) is 0 Å². The third kappa shape index (κ3) is 4.28. The molecular weight excluding hydrogens is 296 g/mol. The smallest absolute Gasteiger partial charge is 0.125 e. The van der Waals surface area contributed by atoms with Crippen LogP contribution in [0.1, 0.15) is 12.8 Å². The third-order valence-electron chi connectivity index (χ3n) is 2.08. The van der Waals surface area contributed by atoms with Crippen molar-refractivity contribution in [2.75, 3.05) is 25.6 Å². The lowest BCUT2D eigenvalue weighted by Crippen LogP contribution is -2.04. The molecule has 16 heavy (non-hydrogen) atoms. The van der Waals surface area contributed by atoms with Crippen LogP contribution in [0.3, 0.4) is 0 Å². The molecule has 90 valence electrons. The van der Waals surface area contributed by atoms with Crippen molar-refractivity contribution in [3.8, 4) is 0 Å². The van der Waals surface area contributed by atoms with Crippen LogP contribution < -0.4 is 5.32 Å². The van der Waals surface area contributed by atoms with Gasteiger partial charge in [-0.3, -0.25) is 0 Å². The molecule has 0 spiro atoms. The Morgan fingerprint density at radius 2 is 2.19 bits per heavy atom. The molecule has 0 aliphatic carbocycles. The predicted molar refractivity (Wildman–Crippen MR) is 68.7 cm³/mol. The van der Waals surface area contributed by atoms with E-state index in [0.717, 1.165) is 31.7 Å². The van der Waals surface area contributed by atoms with Crippen molar-refractivity contribution >= 4 is 33.2 Å². The number of hydrogen-bond donors (Lipinski definition) is 1. The lowest BCUT2D eigenvalue weighted by atomic mass is 10.3. The lowest BCUT2D eigenvalue weighted by Gasteiger charge is -2.10. The molecule has 0 radical (unpaired) electrons. The Hall–Kier alpha value is -0.320. The van der Waals surface area contributed by atoms with Gasteiger partial charge in [-0.1, -0.05) is 11.6 Å². The van der Waals surface area contributed by atoms with Crippen LogP contribution in [0, 0.1) is 5.82 Å². The van der Waals surface area contributed by atoms with Crippen molar-refractivity contribution in [3.63, 3.8) is 0 Å². The SMILES string of the molecule is COCCCCNc1c(Cl)cc(F)cc1Br. The zero-order valence-corrected chi connectivity index (χ0v) is 11.4. The summed E-state index contributed by atoms with van der Waals surface area (Å²) in [5, 5.41) is 3.55. The Bertz CT molecular complexity index is 326. The standard InChI is InChI=1S/C11H14BrClFNO/c1-16-5-3-2-4-15-11-9(12)6-8(14)7-10(11)13/h6-7,15H,2-5H2,1H3. The van der Waals surface area contributed by atoms with Crippen molar-refractivity contribution in [3.05, 3.63) is 27.4 Å². The highest BCUT2D eigenvalue weighted by Crippen LogP contribution is 2.31. The van der Waals surface area contributed by atoms with Crippen LogP contribution in [0.5, 0.6) is 0 Å². The Morgan fingerprint density at radius 3 is 2.81 bits per heavy atom. The van der Waals surface area contributed by atoms with Gasteiger partial charge in [0.05, 0.1) is 10.7 Å². The summed E-state index contributed by atoms with van der Waals surface area (Å²) in [4.78, 5) is 0. The highest BCUT2D eigenvalue weighted by Gasteiger charge is 2.06. The summed E-state index contributed by atoms with van der Waals surface area (Å²) >= 11 is 9.19. The molecular formula is C11H14BrClFNO. The van der Waals surface area contributed by atoms with E-state index < -0.39 is 0 Å². The molecule has 0 amide bonds. The lowest BCUT2D eigenvalue weighted by molar-refractivity contribution is 0.194. The molecule has 1 aromatic rings. The van der Waals surface area contributed by atoms with Crippen molar-refractivity contribution in [1.29, 1.82) is 0 Å². The zero-order valence-electron chi connectivity index (χ0n) is 9.03. The molecule has 5 heteroatoms. The van der Waals surface area contributed by atoms with E-state index in [-0.39, 0.29) is 5.82 Å². The molecule has 0 aromatic heterocycles. The third-order valence-corrected chi connectivity index (χ3v) is 3.01. The summed E-state index contributed by atoms with van der Waals surface area (Å²) in [6.45, 7) is 1.54. The number of anilines is 1. The molecule has 0 aliphatic heterocycles. The molecule has 0 fully saturated rings. The van der Waals surface area contributed by atoms with E-state index in [2.05, 4.69) is 21.2 Å². The van der Waals surface area contributed by atoms with Gasteiger partial charge in [-0.15, -0.1) is 0 Å².